The van der Waals surface area contributed by atoms with Crippen molar-refractivity contribution < 1.29 is 15.3 Å². The molecule has 0 bridgehead atoms. The highest BCUT2D eigenvalue weighted by Gasteiger charge is 2.50. The quantitative estimate of drug-likeness (QED) is 0.477. The number of rotatable bonds is 6. The summed E-state index contributed by atoms with van der Waals surface area (Å²) in [6.45, 7) is 14.7. The highest BCUT2D eigenvalue weighted by molar-refractivity contribution is 5.41. The second-order valence-corrected chi connectivity index (χ2v) is 12.0. The molecule has 3 aliphatic rings. The summed E-state index contributed by atoms with van der Waals surface area (Å²) >= 11 is 0. The van der Waals surface area contributed by atoms with Crippen LogP contribution >= 0.6 is 0 Å². The van der Waals surface area contributed by atoms with Gasteiger partial charge in [0, 0.05) is 6.42 Å². The topological polar surface area (TPSA) is 60.7 Å². The van der Waals surface area contributed by atoms with Gasteiger partial charge in [-0.2, -0.15) is 0 Å². The number of fused-ring (bicyclic) bond motifs is 1. The van der Waals surface area contributed by atoms with E-state index in [9.17, 15) is 15.3 Å². The van der Waals surface area contributed by atoms with Gasteiger partial charge in [-0.05, 0) is 100 Å². The van der Waals surface area contributed by atoms with E-state index >= 15 is 0 Å². The molecule has 3 rings (SSSR count). The maximum Gasteiger partial charge on any atom is 0.0890 e. The first-order valence-electron chi connectivity index (χ1n) is 12.6. The molecule has 3 saturated carbocycles. The number of hydrogen-bond acceptors (Lipinski definition) is 3. The van der Waals surface area contributed by atoms with E-state index in [-0.39, 0.29) is 0 Å². The summed E-state index contributed by atoms with van der Waals surface area (Å²) in [5.74, 6) is 2.09. The van der Waals surface area contributed by atoms with E-state index in [0.717, 1.165) is 36.3 Å². The average molecular weight is 431 g/mol. The van der Waals surface area contributed by atoms with Crippen LogP contribution in [-0.2, 0) is 0 Å². The van der Waals surface area contributed by atoms with Gasteiger partial charge in [0.15, 0.2) is 0 Å². The molecule has 2 unspecified atom stereocenters. The summed E-state index contributed by atoms with van der Waals surface area (Å²) < 4.78 is 0. The van der Waals surface area contributed by atoms with Crippen molar-refractivity contribution in [1.29, 1.82) is 0 Å². The molecule has 0 aliphatic heterocycles. The molecular formula is C28H46O3. The fraction of sp³-hybridized carbons (Fsp3) is 0.786. The van der Waals surface area contributed by atoms with Crippen molar-refractivity contribution in [1.82, 2.24) is 0 Å². The maximum atomic E-state index is 10.6. The average Bonchev–Trinajstić information content (AvgIpc) is 2.99. The Labute approximate surface area is 190 Å². The van der Waals surface area contributed by atoms with E-state index in [0.29, 0.717) is 30.1 Å². The van der Waals surface area contributed by atoms with Gasteiger partial charge in [-0.1, -0.05) is 51.0 Å². The van der Waals surface area contributed by atoms with Crippen LogP contribution in [0.5, 0.6) is 0 Å². The summed E-state index contributed by atoms with van der Waals surface area (Å²) in [4.78, 5) is 0. The number of aliphatic hydroxyl groups is 3. The molecule has 0 aromatic carbocycles. The van der Waals surface area contributed by atoms with Crippen molar-refractivity contribution in [2.75, 3.05) is 0 Å². The van der Waals surface area contributed by atoms with Crippen LogP contribution in [0.1, 0.15) is 98.8 Å². The molecule has 3 heteroatoms. The lowest BCUT2D eigenvalue weighted by molar-refractivity contribution is 0.0204. The van der Waals surface area contributed by atoms with Gasteiger partial charge in [0.1, 0.15) is 0 Å². The molecule has 0 aromatic rings. The van der Waals surface area contributed by atoms with Crippen LogP contribution in [0, 0.1) is 23.2 Å². The van der Waals surface area contributed by atoms with Gasteiger partial charge in [0.05, 0.1) is 17.3 Å². The molecule has 0 radical (unpaired) electrons. The Morgan fingerprint density at radius 3 is 2.61 bits per heavy atom. The van der Waals surface area contributed by atoms with Crippen molar-refractivity contribution in [2.45, 2.75) is 116 Å². The molecule has 0 aromatic heterocycles. The van der Waals surface area contributed by atoms with E-state index < -0.39 is 17.3 Å². The number of allylic oxidation sites excluding steroid dienone is 3. The predicted octanol–water partition coefficient (Wildman–Crippen LogP) is 6.09. The Morgan fingerprint density at radius 2 is 1.94 bits per heavy atom. The van der Waals surface area contributed by atoms with E-state index in [1.54, 1.807) is 12.5 Å². The molecule has 0 amide bonds. The van der Waals surface area contributed by atoms with Gasteiger partial charge in [-0.3, -0.25) is 0 Å². The Balaban J connectivity index is 1.72. The van der Waals surface area contributed by atoms with Crippen LogP contribution < -0.4 is 0 Å². The Bertz CT molecular complexity index is 723. The van der Waals surface area contributed by atoms with Crippen molar-refractivity contribution in [3.8, 4) is 0 Å². The summed E-state index contributed by atoms with van der Waals surface area (Å²) in [5, 5.41) is 30.8. The minimum atomic E-state index is -1.01. The first-order valence-corrected chi connectivity index (χ1v) is 12.6. The first kappa shape index (κ1) is 24.7. The van der Waals surface area contributed by atoms with Gasteiger partial charge in [-0.15, -0.1) is 0 Å². The lowest BCUT2D eigenvalue weighted by Gasteiger charge is -2.44. The van der Waals surface area contributed by atoms with E-state index in [1.807, 2.05) is 13.8 Å². The van der Waals surface area contributed by atoms with Crippen molar-refractivity contribution in [3.05, 3.63) is 35.5 Å². The second-order valence-electron chi connectivity index (χ2n) is 12.0. The zero-order valence-electron chi connectivity index (χ0n) is 20.6. The van der Waals surface area contributed by atoms with Gasteiger partial charge >= 0.3 is 0 Å². The Morgan fingerprint density at radius 1 is 1.23 bits per heavy atom. The number of hydrogen-bond donors (Lipinski definition) is 3. The van der Waals surface area contributed by atoms with Crippen molar-refractivity contribution in [3.63, 3.8) is 0 Å². The fourth-order valence-electron chi connectivity index (χ4n) is 7.03. The smallest absolute Gasteiger partial charge is 0.0890 e. The highest BCUT2D eigenvalue weighted by atomic mass is 16.3. The molecule has 3 fully saturated rings. The maximum absolute atomic E-state index is 10.6. The van der Waals surface area contributed by atoms with Crippen LogP contribution in [-0.4, -0.2) is 32.6 Å². The minimum Gasteiger partial charge on any atom is -0.393 e. The first-order chi connectivity index (χ1) is 14.3. The van der Waals surface area contributed by atoms with Crippen LogP contribution in [0.15, 0.2) is 35.5 Å². The summed E-state index contributed by atoms with van der Waals surface area (Å²) in [6, 6.07) is 0. The molecule has 0 saturated heterocycles. The Kier molecular flexibility index (Phi) is 7.30. The third-order valence-electron chi connectivity index (χ3n) is 8.80. The van der Waals surface area contributed by atoms with Gasteiger partial charge < -0.3 is 15.3 Å². The third kappa shape index (κ3) is 5.54. The molecule has 3 nitrogen and oxygen atoms in total. The largest absolute Gasteiger partial charge is 0.393 e. The van der Waals surface area contributed by atoms with E-state index in [4.69, 9.17) is 0 Å². The predicted molar refractivity (Wildman–Crippen MR) is 129 cm³/mol. The monoisotopic (exact) mass is 430 g/mol. The molecule has 0 spiro atoms. The van der Waals surface area contributed by atoms with Crippen LogP contribution in [0.25, 0.3) is 0 Å². The van der Waals surface area contributed by atoms with Crippen LogP contribution in [0.4, 0.5) is 0 Å². The standard InChI is InChI=1S/C28H46O3/c1-19(9-7-15-26(3,4)30)24-13-14-25-21(10-8-16-27(24,25)5)11-12-22-17-23(29)18-28(6,31)20(22)2/h11-12,19,23-25,29-31H,2,7-10,13-18H2,1,3-6H3/t19-,23+,24?,25?,27+,28+/m0/s1. The third-order valence-corrected chi connectivity index (χ3v) is 8.80. The van der Waals surface area contributed by atoms with Crippen molar-refractivity contribution in [2.24, 2.45) is 23.2 Å². The number of aliphatic hydroxyl groups excluding tert-OH is 1. The van der Waals surface area contributed by atoms with Gasteiger partial charge in [-0.25, -0.2) is 0 Å². The van der Waals surface area contributed by atoms with Crippen molar-refractivity contribution >= 4 is 0 Å². The molecule has 3 N–H and O–H groups in total. The molecule has 0 heterocycles. The lowest BCUT2D eigenvalue weighted by atomic mass is 9.60. The summed E-state index contributed by atoms with van der Waals surface area (Å²) in [5.41, 5.74) is 2.11. The Hall–Kier alpha value is -0.900. The lowest BCUT2D eigenvalue weighted by Crippen LogP contribution is -2.37. The molecule has 31 heavy (non-hydrogen) atoms. The minimum absolute atomic E-state index is 0.366. The SMILES string of the molecule is C=C1C(=CC=C2CCC[C@@]3(C)C2CCC3[C@@H](C)CCCC(C)(C)O)C[C@@H](O)C[C@@]1(C)O. The van der Waals surface area contributed by atoms with Crippen LogP contribution in [0.3, 0.4) is 0 Å². The van der Waals surface area contributed by atoms with Gasteiger partial charge in [0.25, 0.3) is 0 Å². The van der Waals surface area contributed by atoms with Crippen LogP contribution in [0.2, 0.25) is 0 Å². The van der Waals surface area contributed by atoms with E-state index in [1.165, 1.54) is 32.1 Å². The summed E-state index contributed by atoms with van der Waals surface area (Å²) in [7, 11) is 0. The fourth-order valence-corrected chi connectivity index (χ4v) is 7.03. The molecule has 6 atom stereocenters. The summed E-state index contributed by atoms with van der Waals surface area (Å²) in [6.07, 6.45) is 14.4. The molecular weight excluding hydrogens is 384 g/mol. The normalized spacial score (nSPS) is 40.4. The molecule has 176 valence electrons. The zero-order valence-corrected chi connectivity index (χ0v) is 20.6. The zero-order chi connectivity index (χ0) is 23.0. The van der Waals surface area contributed by atoms with Gasteiger partial charge in [0.2, 0.25) is 0 Å². The molecule has 3 aliphatic carbocycles. The van der Waals surface area contributed by atoms with E-state index in [2.05, 4.69) is 32.6 Å². The highest BCUT2D eigenvalue weighted by Crippen LogP contribution is 2.60. The second kappa shape index (κ2) is 9.15.